The largest absolute Gasteiger partial charge is 0.370 e. The minimum atomic E-state index is -0.0253. The summed E-state index contributed by atoms with van der Waals surface area (Å²) in [5.41, 5.74) is 1.06. The molecule has 0 heterocycles. The normalized spacial score (nSPS) is 18.7. The van der Waals surface area contributed by atoms with Gasteiger partial charge >= 0.3 is 0 Å². The van der Waals surface area contributed by atoms with Gasteiger partial charge in [0.05, 0.1) is 6.07 Å². The van der Waals surface area contributed by atoms with E-state index < -0.39 is 0 Å². The molecule has 1 aromatic rings. The molecule has 2 nitrogen and oxygen atoms in total. The molecule has 84 valence electrons. The maximum atomic E-state index is 9.23. The van der Waals surface area contributed by atoms with Crippen LogP contribution >= 0.6 is 0 Å². The molecule has 0 bridgehead atoms. The number of nitrogens with one attached hydrogen (secondary N) is 1. The topological polar surface area (TPSA) is 35.8 Å². The van der Waals surface area contributed by atoms with Crippen LogP contribution in [0, 0.1) is 17.2 Å². The molecule has 1 fully saturated rings. The van der Waals surface area contributed by atoms with Gasteiger partial charge in [0.25, 0.3) is 0 Å². The summed E-state index contributed by atoms with van der Waals surface area (Å²) >= 11 is 0. The van der Waals surface area contributed by atoms with E-state index >= 15 is 0 Å². The van der Waals surface area contributed by atoms with E-state index in [-0.39, 0.29) is 6.04 Å². The summed E-state index contributed by atoms with van der Waals surface area (Å²) in [6.45, 7) is 0. The summed E-state index contributed by atoms with van der Waals surface area (Å²) in [4.78, 5) is 0. The molecule has 16 heavy (non-hydrogen) atoms. The van der Waals surface area contributed by atoms with Gasteiger partial charge in [-0.15, -0.1) is 0 Å². The lowest BCUT2D eigenvalue weighted by atomic mass is 9.84. The van der Waals surface area contributed by atoms with Gasteiger partial charge in [0.1, 0.15) is 6.04 Å². The van der Waals surface area contributed by atoms with Gasteiger partial charge in [-0.05, 0) is 30.9 Å². The van der Waals surface area contributed by atoms with Gasteiger partial charge in [-0.1, -0.05) is 37.5 Å². The number of para-hydroxylation sites is 1. The Kier molecular flexibility index (Phi) is 3.82. The van der Waals surface area contributed by atoms with Crippen LogP contribution in [0.4, 0.5) is 5.69 Å². The van der Waals surface area contributed by atoms with E-state index in [1.807, 2.05) is 30.3 Å². The van der Waals surface area contributed by atoms with Gasteiger partial charge in [-0.2, -0.15) is 5.26 Å². The number of anilines is 1. The van der Waals surface area contributed by atoms with Crippen LogP contribution in [-0.4, -0.2) is 6.04 Å². The van der Waals surface area contributed by atoms with Crippen molar-refractivity contribution < 1.29 is 0 Å². The fourth-order valence-electron chi connectivity index (χ4n) is 2.44. The molecule has 0 radical (unpaired) electrons. The summed E-state index contributed by atoms with van der Waals surface area (Å²) in [5, 5.41) is 12.6. The molecule has 2 heteroatoms. The van der Waals surface area contributed by atoms with Crippen molar-refractivity contribution in [2.75, 3.05) is 5.32 Å². The molecule has 1 aromatic carbocycles. The van der Waals surface area contributed by atoms with Crippen LogP contribution in [0.1, 0.15) is 32.1 Å². The standard InChI is InChI=1S/C14H18N2/c15-11-14(12-7-3-1-4-8-12)16-13-9-5-2-6-10-13/h2,5-6,9-10,12,14,16H,1,3-4,7-8H2. The van der Waals surface area contributed by atoms with Crippen molar-refractivity contribution in [3.05, 3.63) is 30.3 Å². The summed E-state index contributed by atoms with van der Waals surface area (Å²) in [5.74, 6) is 0.527. The average Bonchev–Trinajstić information content (AvgIpc) is 2.38. The second-order valence-corrected chi connectivity index (χ2v) is 4.52. The summed E-state index contributed by atoms with van der Waals surface area (Å²) in [6, 6.07) is 12.4. The molecule has 1 aliphatic rings. The van der Waals surface area contributed by atoms with Crippen LogP contribution in [0.3, 0.4) is 0 Å². The van der Waals surface area contributed by atoms with E-state index in [2.05, 4.69) is 11.4 Å². The Bertz CT molecular complexity index is 347. The van der Waals surface area contributed by atoms with Crippen molar-refractivity contribution in [1.82, 2.24) is 0 Å². The van der Waals surface area contributed by atoms with Gasteiger partial charge in [-0.3, -0.25) is 0 Å². The molecule has 0 spiro atoms. The van der Waals surface area contributed by atoms with E-state index in [1.165, 1.54) is 32.1 Å². The molecule has 0 amide bonds. The lowest BCUT2D eigenvalue weighted by molar-refractivity contribution is 0.346. The summed E-state index contributed by atoms with van der Waals surface area (Å²) in [6.07, 6.45) is 6.27. The highest BCUT2D eigenvalue weighted by molar-refractivity contribution is 5.44. The van der Waals surface area contributed by atoms with Crippen LogP contribution in [0.5, 0.6) is 0 Å². The van der Waals surface area contributed by atoms with Crippen LogP contribution in [0.15, 0.2) is 30.3 Å². The summed E-state index contributed by atoms with van der Waals surface area (Å²) < 4.78 is 0. The first-order valence-corrected chi connectivity index (χ1v) is 6.11. The van der Waals surface area contributed by atoms with E-state index in [9.17, 15) is 5.26 Å². The Morgan fingerprint density at radius 1 is 1.12 bits per heavy atom. The molecular weight excluding hydrogens is 196 g/mol. The number of benzene rings is 1. The Morgan fingerprint density at radius 2 is 1.81 bits per heavy atom. The number of rotatable bonds is 3. The number of nitrogens with zero attached hydrogens (tertiary/aromatic N) is 1. The first kappa shape index (κ1) is 11.0. The molecule has 0 aliphatic heterocycles. The third kappa shape index (κ3) is 2.76. The smallest absolute Gasteiger partial charge is 0.117 e. The lowest BCUT2D eigenvalue weighted by Gasteiger charge is -2.26. The molecular formula is C14H18N2. The number of hydrogen-bond donors (Lipinski definition) is 1. The fraction of sp³-hybridized carbons (Fsp3) is 0.500. The van der Waals surface area contributed by atoms with Crippen LogP contribution in [0.25, 0.3) is 0 Å². The second-order valence-electron chi connectivity index (χ2n) is 4.52. The molecule has 1 atom stereocenters. The second kappa shape index (κ2) is 5.55. The highest BCUT2D eigenvalue weighted by Gasteiger charge is 2.22. The van der Waals surface area contributed by atoms with Crippen LogP contribution in [0.2, 0.25) is 0 Å². The van der Waals surface area contributed by atoms with E-state index in [0.717, 1.165) is 5.69 Å². The minimum Gasteiger partial charge on any atom is -0.370 e. The maximum Gasteiger partial charge on any atom is 0.117 e. The molecule has 0 aromatic heterocycles. The molecule has 1 aliphatic carbocycles. The minimum absolute atomic E-state index is 0.0253. The molecule has 1 saturated carbocycles. The molecule has 1 N–H and O–H groups in total. The maximum absolute atomic E-state index is 9.23. The van der Waals surface area contributed by atoms with E-state index in [1.54, 1.807) is 0 Å². The lowest BCUT2D eigenvalue weighted by Crippen LogP contribution is -2.29. The Balaban J connectivity index is 1.98. The monoisotopic (exact) mass is 214 g/mol. The molecule has 2 rings (SSSR count). The first-order valence-electron chi connectivity index (χ1n) is 6.11. The number of hydrogen-bond acceptors (Lipinski definition) is 2. The van der Waals surface area contributed by atoms with Gasteiger partial charge in [0, 0.05) is 5.69 Å². The predicted octanol–water partition coefficient (Wildman–Crippen LogP) is 3.57. The SMILES string of the molecule is N#CC(Nc1ccccc1)C1CCCCC1. The number of nitriles is 1. The van der Waals surface area contributed by atoms with E-state index in [4.69, 9.17) is 0 Å². The quantitative estimate of drug-likeness (QED) is 0.835. The Hall–Kier alpha value is -1.49. The van der Waals surface area contributed by atoms with Crippen molar-refractivity contribution in [1.29, 1.82) is 5.26 Å². The fourth-order valence-corrected chi connectivity index (χ4v) is 2.44. The average molecular weight is 214 g/mol. The Morgan fingerprint density at radius 3 is 2.44 bits per heavy atom. The zero-order chi connectivity index (χ0) is 11.2. The van der Waals surface area contributed by atoms with Crippen molar-refractivity contribution in [3.63, 3.8) is 0 Å². The van der Waals surface area contributed by atoms with Gasteiger partial charge in [0.15, 0.2) is 0 Å². The van der Waals surface area contributed by atoms with Crippen molar-refractivity contribution >= 4 is 5.69 Å². The predicted molar refractivity (Wildman–Crippen MR) is 66.0 cm³/mol. The van der Waals surface area contributed by atoms with Gasteiger partial charge in [0.2, 0.25) is 0 Å². The van der Waals surface area contributed by atoms with Gasteiger partial charge < -0.3 is 5.32 Å². The van der Waals surface area contributed by atoms with E-state index in [0.29, 0.717) is 5.92 Å². The molecule has 0 saturated heterocycles. The third-order valence-electron chi connectivity index (χ3n) is 3.36. The first-order chi connectivity index (χ1) is 7.90. The third-order valence-corrected chi connectivity index (χ3v) is 3.36. The van der Waals surface area contributed by atoms with Crippen molar-refractivity contribution in [2.45, 2.75) is 38.1 Å². The van der Waals surface area contributed by atoms with Crippen molar-refractivity contribution in [3.8, 4) is 6.07 Å². The van der Waals surface area contributed by atoms with Crippen molar-refractivity contribution in [2.24, 2.45) is 5.92 Å². The summed E-state index contributed by atoms with van der Waals surface area (Å²) in [7, 11) is 0. The highest BCUT2D eigenvalue weighted by atomic mass is 14.9. The Labute approximate surface area is 97.3 Å². The van der Waals surface area contributed by atoms with Crippen LogP contribution in [-0.2, 0) is 0 Å². The zero-order valence-electron chi connectivity index (χ0n) is 9.52. The zero-order valence-corrected chi connectivity index (χ0v) is 9.52. The molecule has 1 unspecified atom stereocenters. The van der Waals surface area contributed by atoms with Crippen LogP contribution < -0.4 is 5.32 Å². The highest BCUT2D eigenvalue weighted by Crippen LogP contribution is 2.27. The van der Waals surface area contributed by atoms with Gasteiger partial charge in [-0.25, -0.2) is 0 Å².